The predicted molar refractivity (Wildman–Crippen MR) is 64.8 cm³/mol. The van der Waals surface area contributed by atoms with E-state index >= 15 is 0 Å². The summed E-state index contributed by atoms with van der Waals surface area (Å²) in [5.74, 6) is -0.522. The van der Waals surface area contributed by atoms with Crippen molar-refractivity contribution < 1.29 is 4.79 Å². The van der Waals surface area contributed by atoms with Crippen LogP contribution in [0.1, 0.15) is 5.56 Å². The Bertz CT molecular complexity index is 429. The molecule has 15 heavy (non-hydrogen) atoms. The van der Waals surface area contributed by atoms with Gasteiger partial charge in [-0.05, 0) is 18.6 Å². The average Bonchev–Trinajstić information content (AvgIpc) is 2.18. The van der Waals surface area contributed by atoms with E-state index in [-0.39, 0.29) is 5.03 Å². The van der Waals surface area contributed by atoms with Crippen molar-refractivity contribution in [2.75, 3.05) is 5.32 Å². The monoisotopic (exact) mass is 263 g/mol. The second kappa shape index (κ2) is 4.88. The minimum absolute atomic E-state index is 0.122. The Kier molecular flexibility index (Phi) is 4.03. The molecule has 0 fully saturated rings. The van der Waals surface area contributed by atoms with Crippen LogP contribution in [0.4, 0.5) is 5.69 Å². The van der Waals surface area contributed by atoms with Gasteiger partial charge >= 0.3 is 0 Å². The number of nitrogens with one attached hydrogen (secondary N) is 1. The Hall–Kier alpha value is -0.700. The van der Waals surface area contributed by atoms with Crippen LogP contribution in [0.5, 0.6) is 0 Å². The Labute approximate surface area is 103 Å². The number of amides is 1. The quantitative estimate of drug-likeness (QED) is 0.804. The maximum absolute atomic E-state index is 11.3. The number of carbonyl (C=O) groups is 1. The summed E-state index contributed by atoms with van der Waals surface area (Å²) >= 11 is 17.3. The van der Waals surface area contributed by atoms with Crippen LogP contribution in [-0.2, 0) is 4.79 Å². The fraction of sp³-hybridized carbons (Fsp3) is 0.100. The normalized spacial score (nSPS) is 9.87. The molecule has 1 amide bonds. The Morgan fingerprint density at radius 1 is 1.40 bits per heavy atom. The highest BCUT2D eigenvalue weighted by molar-refractivity contribution is 6.45. The van der Waals surface area contributed by atoms with Crippen molar-refractivity contribution in [3.8, 4) is 0 Å². The first-order valence-corrected chi connectivity index (χ1v) is 5.17. The van der Waals surface area contributed by atoms with Crippen molar-refractivity contribution in [1.82, 2.24) is 0 Å². The van der Waals surface area contributed by atoms with Crippen LogP contribution < -0.4 is 5.32 Å². The molecule has 0 aliphatic rings. The summed E-state index contributed by atoms with van der Waals surface area (Å²) in [5.41, 5.74) is 1.17. The molecular weight excluding hydrogens is 256 g/mol. The van der Waals surface area contributed by atoms with E-state index in [4.69, 9.17) is 34.8 Å². The largest absolute Gasteiger partial charge is 0.319 e. The van der Waals surface area contributed by atoms with Gasteiger partial charge in [0, 0.05) is 0 Å². The van der Waals surface area contributed by atoms with E-state index in [2.05, 4.69) is 11.9 Å². The van der Waals surface area contributed by atoms with Crippen LogP contribution in [0.3, 0.4) is 0 Å². The van der Waals surface area contributed by atoms with Crippen molar-refractivity contribution in [2.24, 2.45) is 0 Å². The van der Waals surface area contributed by atoms with Crippen molar-refractivity contribution in [3.05, 3.63) is 39.4 Å². The SMILES string of the molecule is C=C(Cl)C(=O)Nc1c(Cl)ccc(C)c1Cl. The molecule has 1 aromatic carbocycles. The van der Waals surface area contributed by atoms with Gasteiger partial charge in [-0.1, -0.05) is 47.4 Å². The van der Waals surface area contributed by atoms with Crippen LogP contribution >= 0.6 is 34.8 Å². The van der Waals surface area contributed by atoms with Gasteiger partial charge in [0.2, 0.25) is 0 Å². The molecule has 0 heterocycles. The zero-order valence-corrected chi connectivity index (χ0v) is 10.2. The van der Waals surface area contributed by atoms with Gasteiger partial charge in [-0.25, -0.2) is 0 Å². The van der Waals surface area contributed by atoms with Crippen molar-refractivity contribution in [2.45, 2.75) is 6.92 Å². The summed E-state index contributed by atoms with van der Waals surface area (Å²) < 4.78 is 0. The van der Waals surface area contributed by atoms with Gasteiger partial charge in [-0.15, -0.1) is 0 Å². The average molecular weight is 265 g/mol. The van der Waals surface area contributed by atoms with Gasteiger partial charge in [0.1, 0.15) is 0 Å². The first-order chi connectivity index (χ1) is 6.93. The molecule has 5 heteroatoms. The number of benzene rings is 1. The number of halogens is 3. The molecule has 0 atom stereocenters. The third kappa shape index (κ3) is 2.88. The van der Waals surface area contributed by atoms with Gasteiger partial charge < -0.3 is 5.32 Å². The summed E-state index contributed by atoms with van der Waals surface area (Å²) in [7, 11) is 0. The lowest BCUT2D eigenvalue weighted by atomic mass is 10.2. The molecule has 2 nitrogen and oxygen atoms in total. The summed E-state index contributed by atoms with van der Waals surface area (Å²) in [6.07, 6.45) is 0. The third-order valence-electron chi connectivity index (χ3n) is 1.77. The molecule has 0 saturated carbocycles. The highest BCUT2D eigenvalue weighted by Gasteiger charge is 2.12. The number of anilines is 1. The summed E-state index contributed by atoms with van der Waals surface area (Å²) in [5, 5.41) is 3.12. The van der Waals surface area contributed by atoms with Crippen LogP contribution in [0.15, 0.2) is 23.7 Å². The van der Waals surface area contributed by atoms with E-state index in [1.54, 1.807) is 12.1 Å². The minimum Gasteiger partial charge on any atom is -0.319 e. The van der Waals surface area contributed by atoms with Gasteiger partial charge in [-0.2, -0.15) is 0 Å². The smallest absolute Gasteiger partial charge is 0.266 e. The van der Waals surface area contributed by atoms with Gasteiger partial charge in [-0.3, -0.25) is 4.79 Å². The molecular formula is C10H8Cl3NO. The van der Waals surface area contributed by atoms with E-state index in [9.17, 15) is 4.79 Å². The second-order valence-corrected chi connectivity index (χ2v) is 4.15. The van der Waals surface area contributed by atoms with E-state index in [1.807, 2.05) is 6.92 Å². The molecule has 0 spiro atoms. The first-order valence-electron chi connectivity index (χ1n) is 4.04. The van der Waals surface area contributed by atoms with Crippen LogP contribution in [0.2, 0.25) is 10.0 Å². The van der Waals surface area contributed by atoms with E-state index in [1.165, 1.54) is 0 Å². The minimum atomic E-state index is -0.522. The van der Waals surface area contributed by atoms with E-state index < -0.39 is 5.91 Å². The van der Waals surface area contributed by atoms with Crippen molar-refractivity contribution in [3.63, 3.8) is 0 Å². The maximum Gasteiger partial charge on any atom is 0.266 e. The molecule has 0 bridgehead atoms. The van der Waals surface area contributed by atoms with Gasteiger partial charge in [0.05, 0.1) is 20.8 Å². The highest BCUT2D eigenvalue weighted by Crippen LogP contribution is 2.33. The van der Waals surface area contributed by atoms with Gasteiger partial charge in [0.25, 0.3) is 5.91 Å². The lowest BCUT2D eigenvalue weighted by molar-refractivity contribution is -0.112. The molecule has 80 valence electrons. The summed E-state index contributed by atoms with van der Waals surface area (Å²) in [6.45, 7) is 5.11. The number of hydrogen-bond acceptors (Lipinski definition) is 1. The number of rotatable bonds is 2. The summed E-state index contributed by atoms with van der Waals surface area (Å²) in [6, 6.07) is 3.41. The van der Waals surface area contributed by atoms with Crippen LogP contribution in [0.25, 0.3) is 0 Å². The lowest BCUT2D eigenvalue weighted by Crippen LogP contribution is -2.11. The zero-order chi connectivity index (χ0) is 11.6. The second-order valence-electron chi connectivity index (χ2n) is 2.91. The molecule has 0 radical (unpaired) electrons. The Morgan fingerprint density at radius 2 is 2.00 bits per heavy atom. The topological polar surface area (TPSA) is 29.1 Å². The van der Waals surface area contributed by atoms with Crippen LogP contribution in [-0.4, -0.2) is 5.91 Å². The number of hydrogen-bond donors (Lipinski definition) is 1. The molecule has 0 aromatic heterocycles. The standard InChI is InChI=1S/C10H8Cl3NO/c1-5-3-4-7(12)9(8(5)13)14-10(15)6(2)11/h3-4H,2H2,1H3,(H,14,15). The maximum atomic E-state index is 11.3. The fourth-order valence-corrected chi connectivity index (χ4v) is 1.46. The Balaban J connectivity index is 3.09. The number of aryl methyl sites for hydroxylation is 1. The molecule has 1 rings (SSSR count). The fourth-order valence-electron chi connectivity index (χ4n) is 0.953. The first kappa shape index (κ1) is 12.4. The van der Waals surface area contributed by atoms with Gasteiger partial charge in [0.15, 0.2) is 0 Å². The molecule has 0 aliphatic carbocycles. The lowest BCUT2D eigenvalue weighted by Gasteiger charge is -2.10. The highest BCUT2D eigenvalue weighted by atomic mass is 35.5. The molecule has 0 aliphatic heterocycles. The zero-order valence-electron chi connectivity index (χ0n) is 7.90. The molecule has 1 N–H and O–H groups in total. The summed E-state index contributed by atoms with van der Waals surface area (Å²) in [4.78, 5) is 11.3. The molecule has 0 unspecified atom stereocenters. The number of carbonyl (C=O) groups excluding carboxylic acids is 1. The molecule has 0 saturated heterocycles. The van der Waals surface area contributed by atoms with Crippen molar-refractivity contribution >= 4 is 46.4 Å². The van der Waals surface area contributed by atoms with E-state index in [0.29, 0.717) is 15.7 Å². The third-order valence-corrected chi connectivity index (χ3v) is 2.74. The van der Waals surface area contributed by atoms with Crippen molar-refractivity contribution in [1.29, 1.82) is 0 Å². The Morgan fingerprint density at radius 3 is 2.53 bits per heavy atom. The predicted octanol–water partition coefficient (Wildman–Crippen LogP) is 3.99. The van der Waals surface area contributed by atoms with E-state index in [0.717, 1.165) is 5.56 Å². The molecule has 1 aromatic rings. The van der Waals surface area contributed by atoms with Crippen LogP contribution in [0, 0.1) is 6.92 Å².